The third kappa shape index (κ3) is 4.30. The van der Waals surface area contributed by atoms with Crippen molar-refractivity contribution in [2.45, 2.75) is 39.3 Å². The zero-order valence-corrected chi connectivity index (χ0v) is 18.9. The van der Waals surface area contributed by atoms with Gasteiger partial charge < -0.3 is 15.0 Å². The zero-order chi connectivity index (χ0) is 22.0. The Bertz CT molecular complexity index is 1060. The van der Waals surface area contributed by atoms with Gasteiger partial charge in [-0.15, -0.1) is 11.3 Å². The lowest BCUT2D eigenvalue weighted by molar-refractivity contribution is 0.181. The number of thiophene rings is 1. The van der Waals surface area contributed by atoms with Crippen LogP contribution in [0.25, 0.3) is 0 Å². The summed E-state index contributed by atoms with van der Waals surface area (Å²) in [5.41, 5.74) is 4.76. The van der Waals surface area contributed by atoms with E-state index < -0.39 is 0 Å². The van der Waals surface area contributed by atoms with Gasteiger partial charge in [0.1, 0.15) is 11.6 Å². The second kappa shape index (κ2) is 9.10. The van der Waals surface area contributed by atoms with E-state index in [4.69, 9.17) is 4.74 Å². The molecule has 31 heavy (non-hydrogen) atoms. The molecule has 0 saturated heterocycles. The van der Waals surface area contributed by atoms with Crippen molar-refractivity contribution in [3.63, 3.8) is 0 Å². The van der Waals surface area contributed by atoms with E-state index in [9.17, 15) is 9.18 Å². The van der Waals surface area contributed by atoms with Gasteiger partial charge in [-0.05, 0) is 66.3 Å². The summed E-state index contributed by atoms with van der Waals surface area (Å²) in [7, 11) is 1.65. The summed E-state index contributed by atoms with van der Waals surface area (Å²) in [5, 5.41) is 3.02. The number of urea groups is 1. The number of hydrogen-bond acceptors (Lipinski definition) is 3. The number of fused-ring (bicyclic) bond motifs is 1. The fourth-order valence-corrected chi connectivity index (χ4v) is 5.77. The first kappa shape index (κ1) is 21.4. The maximum absolute atomic E-state index is 13.2. The average Bonchev–Trinajstić information content (AvgIpc) is 3.12. The highest BCUT2D eigenvalue weighted by Crippen LogP contribution is 2.43. The molecule has 1 atom stereocenters. The molecular formula is C25H27FN2O2S. The smallest absolute Gasteiger partial charge is 0.318 e. The number of hydrogen-bond donors (Lipinski definition) is 1. The molecule has 1 aliphatic rings. The number of ether oxygens (including phenoxy) is 1. The maximum Gasteiger partial charge on any atom is 0.318 e. The predicted octanol–water partition coefficient (Wildman–Crippen LogP) is 5.62. The second-order valence-electron chi connectivity index (χ2n) is 7.74. The number of halogens is 1. The molecule has 0 spiro atoms. The van der Waals surface area contributed by atoms with E-state index in [1.807, 2.05) is 29.2 Å². The number of carbonyl (C=O) groups excluding carboxylic acids is 1. The number of amides is 2. The van der Waals surface area contributed by atoms with Gasteiger partial charge in [-0.2, -0.15) is 0 Å². The van der Waals surface area contributed by atoms with Gasteiger partial charge in [0, 0.05) is 22.8 Å². The molecule has 0 saturated carbocycles. The van der Waals surface area contributed by atoms with E-state index in [0.29, 0.717) is 13.1 Å². The van der Waals surface area contributed by atoms with Crippen LogP contribution in [0.2, 0.25) is 0 Å². The first-order valence-electron chi connectivity index (χ1n) is 10.6. The first-order valence-corrected chi connectivity index (χ1v) is 11.4. The molecule has 1 N–H and O–H groups in total. The Morgan fingerprint density at radius 3 is 2.55 bits per heavy atom. The molecule has 0 fully saturated rings. The number of benzene rings is 2. The second-order valence-corrected chi connectivity index (χ2v) is 8.99. The maximum atomic E-state index is 13.2. The molecule has 0 aliphatic carbocycles. The van der Waals surface area contributed by atoms with Gasteiger partial charge in [0.2, 0.25) is 0 Å². The van der Waals surface area contributed by atoms with Crippen LogP contribution in [-0.4, -0.2) is 24.6 Å². The van der Waals surface area contributed by atoms with Crippen LogP contribution >= 0.6 is 11.3 Å². The molecular weight excluding hydrogens is 411 g/mol. The van der Waals surface area contributed by atoms with Gasteiger partial charge in [0.15, 0.2) is 0 Å². The number of nitrogens with zero attached hydrogens (tertiary/aromatic N) is 1. The van der Waals surface area contributed by atoms with E-state index in [2.05, 4.69) is 19.2 Å². The molecule has 1 aliphatic heterocycles. The fourth-order valence-electron chi connectivity index (χ4n) is 4.33. The van der Waals surface area contributed by atoms with E-state index in [1.54, 1.807) is 30.6 Å². The number of rotatable bonds is 5. The predicted molar refractivity (Wildman–Crippen MR) is 122 cm³/mol. The topological polar surface area (TPSA) is 41.6 Å². The number of aryl methyl sites for hydroxylation is 1. The monoisotopic (exact) mass is 438 g/mol. The number of methoxy groups -OCH3 is 1. The summed E-state index contributed by atoms with van der Waals surface area (Å²) >= 11 is 1.80. The van der Waals surface area contributed by atoms with Gasteiger partial charge >= 0.3 is 6.03 Å². The molecule has 4 nitrogen and oxygen atoms in total. The lowest BCUT2D eigenvalue weighted by Gasteiger charge is -2.36. The largest absolute Gasteiger partial charge is 0.497 e. The van der Waals surface area contributed by atoms with Gasteiger partial charge in [-0.3, -0.25) is 0 Å². The molecule has 2 aromatic carbocycles. The molecule has 3 aromatic rings. The van der Waals surface area contributed by atoms with Gasteiger partial charge in [-0.1, -0.05) is 31.2 Å². The van der Waals surface area contributed by atoms with Crippen molar-refractivity contribution < 1.29 is 13.9 Å². The molecule has 6 heteroatoms. The fraction of sp³-hybridized carbons (Fsp3) is 0.320. The van der Waals surface area contributed by atoms with Crippen LogP contribution in [0.1, 0.15) is 45.0 Å². The minimum Gasteiger partial charge on any atom is -0.497 e. The summed E-state index contributed by atoms with van der Waals surface area (Å²) in [4.78, 5) is 17.7. The van der Waals surface area contributed by atoms with E-state index >= 15 is 0 Å². The van der Waals surface area contributed by atoms with Crippen LogP contribution in [0, 0.1) is 12.7 Å². The van der Waals surface area contributed by atoms with E-state index in [0.717, 1.165) is 29.7 Å². The Kier molecular flexibility index (Phi) is 6.28. The third-order valence-electron chi connectivity index (χ3n) is 5.92. The molecule has 0 unspecified atom stereocenters. The van der Waals surface area contributed by atoms with Crippen molar-refractivity contribution >= 4 is 17.4 Å². The van der Waals surface area contributed by atoms with E-state index in [-0.39, 0.29) is 17.9 Å². The van der Waals surface area contributed by atoms with Gasteiger partial charge in [-0.25, -0.2) is 9.18 Å². The van der Waals surface area contributed by atoms with Crippen molar-refractivity contribution in [2.75, 3.05) is 13.7 Å². The SMILES string of the molecule is CCc1c(C)sc2c1CCN(C(=O)NCc1ccc(F)cc1)[C@@H]2c1ccc(OC)cc1. The molecule has 0 bridgehead atoms. The zero-order valence-electron chi connectivity index (χ0n) is 18.1. The third-order valence-corrected chi connectivity index (χ3v) is 7.16. The molecule has 1 aromatic heterocycles. The minimum atomic E-state index is -0.280. The standard InChI is InChI=1S/C25H27FN2O2S/c1-4-21-16(2)31-24-22(21)13-14-28(23(24)18-7-11-20(30-3)12-8-18)25(29)27-15-17-5-9-19(26)10-6-17/h5-12,23H,4,13-15H2,1-3H3,(H,27,29)/t23-/m1/s1. The first-order chi connectivity index (χ1) is 15.0. The molecule has 4 rings (SSSR count). The van der Waals surface area contributed by atoms with Crippen LogP contribution in [0.15, 0.2) is 48.5 Å². The lowest BCUT2D eigenvalue weighted by Crippen LogP contribution is -2.45. The Hall–Kier alpha value is -2.86. The normalized spacial score (nSPS) is 15.5. The summed E-state index contributed by atoms with van der Waals surface area (Å²) in [6, 6.07) is 13.9. The summed E-state index contributed by atoms with van der Waals surface area (Å²) in [6.45, 7) is 5.38. The molecule has 2 amide bonds. The van der Waals surface area contributed by atoms with Crippen molar-refractivity contribution in [3.05, 3.63) is 86.4 Å². The highest BCUT2D eigenvalue weighted by atomic mass is 32.1. The lowest BCUT2D eigenvalue weighted by atomic mass is 9.92. The minimum absolute atomic E-state index is 0.111. The summed E-state index contributed by atoms with van der Waals surface area (Å²) in [5.74, 6) is 0.515. The van der Waals surface area contributed by atoms with Crippen molar-refractivity contribution in [1.82, 2.24) is 10.2 Å². The van der Waals surface area contributed by atoms with Crippen LogP contribution in [-0.2, 0) is 19.4 Å². The highest BCUT2D eigenvalue weighted by Gasteiger charge is 2.35. The average molecular weight is 439 g/mol. The Morgan fingerprint density at radius 2 is 1.90 bits per heavy atom. The quantitative estimate of drug-likeness (QED) is 0.561. The highest BCUT2D eigenvalue weighted by molar-refractivity contribution is 7.12. The van der Waals surface area contributed by atoms with Crippen molar-refractivity contribution in [3.8, 4) is 5.75 Å². The van der Waals surface area contributed by atoms with Crippen LogP contribution in [0.5, 0.6) is 5.75 Å². The Labute approximate surface area is 186 Å². The van der Waals surface area contributed by atoms with E-state index in [1.165, 1.54) is 33.0 Å². The Balaban J connectivity index is 1.64. The number of carbonyl (C=O) groups is 1. The summed E-state index contributed by atoms with van der Waals surface area (Å²) in [6.07, 6.45) is 1.86. The van der Waals surface area contributed by atoms with Crippen molar-refractivity contribution in [1.29, 1.82) is 0 Å². The van der Waals surface area contributed by atoms with Gasteiger partial charge in [0.25, 0.3) is 0 Å². The van der Waals surface area contributed by atoms with Gasteiger partial charge in [0.05, 0.1) is 13.2 Å². The van der Waals surface area contributed by atoms with Crippen LogP contribution < -0.4 is 10.1 Å². The van der Waals surface area contributed by atoms with Crippen LogP contribution in [0.3, 0.4) is 0 Å². The molecule has 162 valence electrons. The Morgan fingerprint density at radius 1 is 1.19 bits per heavy atom. The van der Waals surface area contributed by atoms with Crippen LogP contribution in [0.4, 0.5) is 9.18 Å². The molecule has 2 heterocycles. The number of nitrogens with one attached hydrogen (secondary N) is 1. The van der Waals surface area contributed by atoms with Crippen molar-refractivity contribution in [2.24, 2.45) is 0 Å². The molecule has 0 radical (unpaired) electrons. The summed E-state index contributed by atoms with van der Waals surface area (Å²) < 4.78 is 18.5.